The van der Waals surface area contributed by atoms with Crippen LogP contribution in [0.15, 0.2) is 12.7 Å². The topological polar surface area (TPSA) is 46.5 Å². The largest absolute Gasteiger partial charge is 0.326 e. The normalized spacial score (nSPS) is 14.2. The molecule has 0 aromatic rings. The van der Waals surface area contributed by atoms with E-state index in [4.69, 9.17) is 4.89 Å². The van der Waals surface area contributed by atoms with Gasteiger partial charge in [-0.1, -0.05) is 12.0 Å². The minimum Gasteiger partial charge on any atom is -0.324 e. The zero-order valence-electron chi connectivity index (χ0n) is 7.12. The van der Waals surface area contributed by atoms with E-state index < -0.39 is 7.60 Å². The summed E-state index contributed by atoms with van der Waals surface area (Å²) in [6.45, 7) is 4.69. The van der Waals surface area contributed by atoms with E-state index in [0.717, 1.165) is 13.1 Å². The fraction of sp³-hybridized carbons (Fsp3) is 0.500. The molecule has 0 radical (unpaired) electrons. The van der Waals surface area contributed by atoms with Crippen molar-refractivity contribution in [3.8, 4) is 11.8 Å². The van der Waals surface area contributed by atoms with Crippen LogP contribution in [0.4, 0.5) is 0 Å². The lowest BCUT2D eigenvalue weighted by Crippen LogP contribution is -1.87. The summed E-state index contributed by atoms with van der Waals surface area (Å²) >= 11 is 0. The Balaban J connectivity index is 3.46. The van der Waals surface area contributed by atoms with E-state index in [0.29, 0.717) is 6.42 Å². The maximum atomic E-state index is 10.6. The first-order valence-electron chi connectivity index (χ1n) is 3.57. The zero-order valence-corrected chi connectivity index (χ0v) is 8.01. The van der Waals surface area contributed by atoms with Gasteiger partial charge in [0.25, 0.3) is 0 Å². The highest BCUT2D eigenvalue weighted by Gasteiger charge is 2.06. The van der Waals surface area contributed by atoms with Crippen molar-refractivity contribution in [2.75, 3.05) is 13.3 Å². The Morgan fingerprint density at radius 2 is 2.33 bits per heavy atom. The van der Waals surface area contributed by atoms with Gasteiger partial charge in [0.15, 0.2) is 0 Å². The summed E-state index contributed by atoms with van der Waals surface area (Å²) in [6.07, 6.45) is 3.31. The minimum absolute atomic E-state index is 0.0153. The Kier molecular flexibility index (Phi) is 5.74. The van der Waals surface area contributed by atoms with E-state index in [-0.39, 0.29) is 6.61 Å². The number of hydrogen-bond donors (Lipinski definition) is 1. The molecule has 1 atom stereocenters. The summed E-state index contributed by atoms with van der Waals surface area (Å²) in [7, 11) is -3.34. The average Bonchev–Trinajstić information content (AvgIpc) is 1.94. The Morgan fingerprint density at radius 3 is 2.83 bits per heavy atom. The maximum absolute atomic E-state index is 10.6. The molecule has 0 bridgehead atoms. The Labute approximate surface area is 73.0 Å². The van der Waals surface area contributed by atoms with E-state index in [1.807, 2.05) is 0 Å². The lowest BCUT2D eigenvalue weighted by atomic mass is 10.3. The second-order valence-electron chi connectivity index (χ2n) is 2.26. The lowest BCUT2D eigenvalue weighted by Gasteiger charge is -2.00. The van der Waals surface area contributed by atoms with Gasteiger partial charge in [-0.15, -0.1) is 12.5 Å². The van der Waals surface area contributed by atoms with E-state index >= 15 is 0 Å². The zero-order chi connectivity index (χ0) is 9.45. The summed E-state index contributed by atoms with van der Waals surface area (Å²) in [5.74, 6) is 5.40. The van der Waals surface area contributed by atoms with Gasteiger partial charge in [0.05, 0.1) is 0 Å². The highest BCUT2D eigenvalue weighted by atomic mass is 31.2. The van der Waals surface area contributed by atoms with Crippen molar-refractivity contribution in [1.82, 2.24) is 0 Å². The van der Waals surface area contributed by atoms with Gasteiger partial charge in [-0.2, -0.15) is 0 Å². The fourth-order valence-corrected chi connectivity index (χ4v) is 0.770. The van der Waals surface area contributed by atoms with Crippen LogP contribution in [-0.4, -0.2) is 18.2 Å². The third kappa shape index (κ3) is 9.45. The third-order valence-electron chi connectivity index (χ3n) is 0.975. The molecule has 0 rings (SSSR count). The minimum atomic E-state index is -3.34. The monoisotopic (exact) mass is 188 g/mol. The second-order valence-corrected chi connectivity index (χ2v) is 4.12. The molecule has 4 heteroatoms. The molecule has 0 aromatic carbocycles. The highest BCUT2D eigenvalue weighted by molar-refractivity contribution is 7.51. The summed E-state index contributed by atoms with van der Waals surface area (Å²) in [5.41, 5.74) is 0. The predicted molar refractivity (Wildman–Crippen MR) is 48.9 cm³/mol. The molecular formula is C8H13O3P. The van der Waals surface area contributed by atoms with Crippen molar-refractivity contribution in [3.05, 3.63) is 12.7 Å². The second kappa shape index (κ2) is 6.02. The molecule has 3 nitrogen and oxygen atoms in total. The molecule has 0 amide bonds. The molecule has 0 spiro atoms. The third-order valence-corrected chi connectivity index (χ3v) is 1.58. The van der Waals surface area contributed by atoms with Gasteiger partial charge in [-0.25, -0.2) is 0 Å². The Hall–Kier alpha value is -0.550. The van der Waals surface area contributed by atoms with Crippen molar-refractivity contribution in [2.24, 2.45) is 0 Å². The van der Waals surface area contributed by atoms with Crippen LogP contribution in [0, 0.1) is 11.8 Å². The summed E-state index contributed by atoms with van der Waals surface area (Å²) in [5, 5.41) is 0. The lowest BCUT2D eigenvalue weighted by molar-refractivity contribution is 0.297. The maximum Gasteiger partial charge on any atom is 0.326 e. The van der Waals surface area contributed by atoms with Crippen LogP contribution in [0.1, 0.15) is 12.8 Å². The van der Waals surface area contributed by atoms with Gasteiger partial charge < -0.3 is 4.89 Å². The predicted octanol–water partition coefficient (Wildman–Crippen LogP) is 1.79. The van der Waals surface area contributed by atoms with Crippen molar-refractivity contribution in [2.45, 2.75) is 12.8 Å². The van der Waals surface area contributed by atoms with Crippen molar-refractivity contribution >= 4 is 7.60 Å². The van der Waals surface area contributed by atoms with Crippen LogP contribution in [0.2, 0.25) is 0 Å². The van der Waals surface area contributed by atoms with Crippen LogP contribution >= 0.6 is 7.60 Å². The van der Waals surface area contributed by atoms with Crippen LogP contribution < -0.4 is 0 Å². The van der Waals surface area contributed by atoms with Gasteiger partial charge in [0, 0.05) is 13.1 Å². The molecule has 0 aliphatic carbocycles. The van der Waals surface area contributed by atoms with E-state index in [1.165, 1.54) is 0 Å². The molecule has 0 saturated heterocycles. The first kappa shape index (κ1) is 11.4. The quantitative estimate of drug-likeness (QED) is 0.316. The first-order valence-corrected chi connectivity index (χ1v) is 5.60. The standard InChI is InChI=1S/C8H13O3P/c1-3-4-5-6-7-8-11-12(2,9)10/h3H,1,4-5,8H2,2H3,(H,9,10). The molecule has 0 heterocycles. The van der Waals surface area contributed by atoms with Crippen LogP contribution in [0.3, 0.4) is 0 Å². The van der Waals surface area contributed by atoms with E-state index in [1.54, 1.807) is 6.08 Å². The van der Waals surface area contributed by atoms with Gasteiger partial charge in [0.2, 0.25) is 0 Å². The van der Waals surface area contributed by atoms with Gasteiger partial charge in [-0.3, -0.25) is 9.09 Å². The summed E-state index contributed by atoms with van der Waals surface area (Å²) in [6, 6.07) is 0. The molecule has 0 aliphatic rings. The highest BCUT2D eigenvalue weighted by Crippen LogP contribution is 2.35. The number of rotatable bonds is 4. The smallest absolute Gasteiger partial charge is 0.324 e. The molecule has 1 N–H and O–H groups in total. The molecule has 0 aromatic heterocycles. The van der Waals surface area contributed by atoms with Crippen LogP contribution in [0.5, 0.6) is 0 Å². The van der Waals surface area contributed by atoms with Crippen LogP contribution in [0.25, 0.3) is 0 Å². The molecular weight excluding hydrogens is 175 g/mol. The van der Waals surface area contributed by atoms with Gasteiger partial charge in [0.1, 0.15) is 6.61 Å². The fourth-order valence-electron chi connectivity index (χ4n) is 0.466. The Morgan fingerprint density at radius 1 is 1.67 bits per heavy atom. The van der Waals surface area contributed by atoms with Crippen molar-refractivity contribution in [1.29, 1.82) is 0 Å². The number of allylic oxidation sites excluding steroid dienone is 1. The van der Waals surface area contributed by atoms with Gasteiger partial charge in [-0.05, 0) is 6.42 Å². The van der Waals surface area contributed by atoms with E-state index in [9.17, 15) is 4.57 Å². The number of hydrogen-bond acceptors (Lipinski definition) is 2. The summed E-state index contributed by atoms with van der Waals surface area (Å²) in [4.78, 5) is 8.67. The van der Waals surface area contributed by atoms with Gasteiger partial charge >= 0.3 is 7.60 Å². The van der Waals surface area contributed by atoms with Crippen LogP contribution in [-0.2, 0) is 9.09 Å². The van der Waals surface area contributed by atoms with Crippen molar-refractivity contribution < 1.29 is 14.0 Å². The average molecular weight is 188 g/mol. The molecule has 0 saturated carbocycles. The molecule has 0 aliphatic heterocycles. The Bertz CT molecular complexity index is 230. The summed E-state index contributed by atoms with van der Waals surface area (Å²) < 4.78 is 15.1. The van der Waals surface area contributed by atoms with Crippen molar-refractivity contribution in [3.63, 3.8) is 0 Å². The molecule has 68 valence electrons. The molecule has 12 heavy (non-hydrogen) atoms. The number of unbranched alkanes of at least 4 members (excludes halogenated alkanes) is 1. The molecule has 0 fully saturated rings. The SMILES string of the molecule is C=CCCC#CCOP(C)(=O)O. The first-order chi connectivity index (χ1) is 5.56. The van der Waals surface area contributed by atoms with E-state index in [2.05, 4.69) is 22.9 Å². The molecule has 1 unspecified atom stereocenters.